The number of carbonyl (C=O) groups excluding carboxylic acids is 1. The van der Waals surface area contributed by atoms with Crippen molar-refractivity contribution in [2.45, 2.75) is 13.3 Å². The van der Waals surface area contributed by atoms with Crippen LogP contribution in [-0.4, -0.2) is 49.6 Å². The zero-order valence-electron chi connectivity index (χ0n) is 15.6. The van der Waals surface area contributed by atoms with Gasteiger partial charge >= 0.3 is 0 Å². The third-order valence-corrected chi connectivity index (χ3v) is 3.56. The Morgan fingerprint density at radius 2 is 1.89 bits per heavy atom. The van der Waals surface area contributed by atoms with Gasteiger partial charge in [-0.1, -0.05) is 18.2 Å². The van der Waals surface area contributed by atoms with Crippen molar-refractivity contribution in [3.63, 3.8) is 0 Å². The number of pyridine rings is 1. The van der Waals surface area contributed by atoms with Crippen LogP contribution in [0.2, 0.25) is 0 Å². The molecule has 0 saturated carbocycles. The third-order valence-electron chi connectivity index (χ3n) is 3.56. The fourth-order valence-corrected chi connectivity index (χ4v) is 2.26. The summed E-state index contributed by atoms with van der Waals surface area (Å²) in [7, 11) is 0. The van der Waals surface area contributed by atoms with Crippen LogP contribution < -0.4 is 20.7 Å². The van der Waals surface area contributed by atoms with Crippen molar-refractivity contribution >= 4 is 11.9 Å². The Kier molecular flexibility index (Phi) is 9.21. The Labute approximate surface area is 160 Å². The lowest BCUT2D eigenvalue weighted by molar-refractivity contribution is 0.0954. The lowest BCUT2D eigenvalue weighted by Crippen LogP contribution is -2.41. The monoisotopic (exact) mass is 369 g/mol. The summed E-state index contributed by atoms with van der Waals surface area (Å²) in [6.07, 6.45) is 4.01. The van der Waals surface area contributed by atoms with E-state index in [-0.39, 0.29) is 5.91 Å². The predicted molar refractivity (Wildman–Crippen MR) is 107 cm³/mol. The van der Waals surface area contributed by atoms with Crippen molar-refractivity contribution in [2.24, 2.45) is 4.99 Å². The highest BCUT2D eigenvalue weighted by molar-refractivity contribution is 5.93. The first kappa shape index (κ1) is 20.2. The van der Waals surface area contributed by atoms with Gasteiger partial charge in [0.05, 0.1) is 12.2 Å². The van der Waals surface area contributed by atoms with E-state index in [4.69, 9.17) is 4.74 Å². The minimum absolute atomic E-state index is 0.134. The third kappa shape index (κ3) is 8.22. The molecule has 144 valence electrons. The van der Waals surface area contributed by atoms with Gasteiger partial charge in [-0.05, 0) is 31.2 Å². The highest BCUT2D eigenvalue weighted by Gasteiger charge is 2.04. The molecule has 0 aliphatic carbocycles. The van der Waals surface area contributed by atoms with Gasteiger partial charge in [0.2, 0.25) is 0 Å². The fraction of sp³-hybridized carbons (Fsp3) is 0.350. The molecular weight excluding hydrogens is 342 g/mol. The molecule has 1 heterocycles. The number of benzene rings is 1. The first-order chi connectivity index (χ1) is 13.3. The molecule has 7 nitrogen and oxygen atoms in total. The summed E-state index contributed by atoms with van der Waals surface area (Å²) in [5.41, 5.74) is 0.552. The van der Waals surface area contributed by atoms with Crippen LogP contribution in [0.4, 0.5) is 0 Å². The number of para-hydroxylation sites is 1. The van der Waals surface area contributed by atoms with Gasteiger partial charge in [0.25, 0.3) is 5.91 Å². The zero-order valence-corrected chi connectivity index (χ0v) is 15.6. The van der Waals surface area contributed by atoms with E-state index < -0.39 is 0 Å². The van der Waals surface area contributed by atoms with Crippen molar-refractivity contribution in [2.75, 3.05) is 32.8 Å². The van der Waals surface area contributed by atoms with E-state index in [1.165, 1.54) is 0 Å². The van der Waals surface area contributed by atoms with Crippen molar-refractivity contribution < 1.29 is 9.53 Å². The molecule has 2 rings (SSSR count). The van der Waals surface area contributed by atoms with Gasteiger partial charge in [-0.25, -0.2) is 0 Å². The van der Waals surface area contributed by atoms with E-state index in [1.807, 2.05) is 37.3 Å². The van der Waals surface area contributed by atoms with Crippen LogP contribution in [0.25, 0.3) is 0 Å². The Morgan fingerprint density at radius 1 is 1.07 bits per heavy atom. The van der Waals surface area contributed by atoms with Gasteiger partial charge in [-0.2, -0.15) is 0 Å². The van der Waals surface area contributed by atoms with E-state index in [1.54, 1.807) is 24.5 Å². The second-order valence-corrected chi connectivity index (χ2v) is 5.70. The SMILES string of the molecule is CCNC(=NCCCOc1ccccc1)NCCNC(=O)c1cccnc1. The number of amides is 1. The maximum absolute atomic E-state index is 11.9. The number of ether oxygens (including phenoxy) is 1. The number of hydrogen-bond acceptors (Lipinski definition) is 4. The fourth-order valence-electron chi connectivity index (χ4n) is 2.26. The average Bonchev–Trinajstić information content (AvgIpc) is 2.72. The number of rotatable bonds is 10. The molecule has 3 N–H and O–H groups in total. The molecule has 0 aliphatic heterocycles. The maximum atomic E-state index is 11.9. The average molecular weight is 369 g/mol. The molecule has 1 aromatic carbocycles. The number of aliphatic imine (C=N–C) groups is 1. The lowest BCUT2D eigenvalue weighted by atomic mass is 10.3. The quantitative estimate of drug-likeness (QED) is 0.338. The molecule has 0 spiro atoms. The van der Waals surface area contributed by atoms with Crippen molar-refractivity contribution in [3.05, 3.63) is 60.4 Å². The number of nitrogens with one attached hydrogen (secondary N) is 3. The van der Waals surface area contributed by atoms with Gasteiger partial charge in [-0.3, -0.25) is 14.8 Å². The Hall–Kier alpha value is -3.09. The van der Waals surface area contributed by atoms with Gasteiger partial charge in [0, 0.05) is 45.0 Å². The van der Waals surface area contributed by atoms with Gasteiger partial charge in [0.15, 0.2) is 5.96 Å². The summed E-state index contributed by atoms with van der Waals surface area (Å²) >= 11 is 0. The molecule has 1 aromatic heterocycles. The molecule has 0 saturated heterocycles. The molecule has 27 heavy (non-hydrogen) atoms. The number of guanidine groups is 1. The Morgan fingerprint density at radius 3 is 2.63 bits per heavy atom. The molecule has 0 bridgehead atoms. The summed E-state index contributed by atoms with van der Waals surface area (Å²) in [5.74, 6) is 1.47. The molecule has 1 amide bonds. The summed E-state index contributed by atoms with van der Waals surface area (Å²) in [5, 5.41) is 9.24. The minimum Gasteiger partial charge on any atom is -0.494 e. The van der Waals surface area contributed by atoms with Gasteiger partial charge in [0.1, 0.15) is 5.75 Å². The van der Waals surface area contributed by atoms with E-state index in [0.717, 1.165) is 24.7 Å². The van der Waals surface area contributed by atoms with Gasteiger partial charge in [-0.15, -0.1) is 0 Å². The Balaban J connectivity index is 1.63. The normalized spacial score (nSPS) is 10.9. The molecule has 2 aromatic rings. The summed E-state index contributed by atoms with van der Waals surface area (Å²) < 4.78 is 5.65. The van der Waals surface area contributed by atoms with Crippen molar-refractivity contribution in [3.8, 4) is 5.75 Å². The van der Waals surface area contributed by atoms with Crippen LogP contribution in [0.15, 0.2) is 59.9 Å². The lowest BCUT2D eigenvalue weighted by Gasteiger charge is -2.12. The highest BCUT2D eigenvalue weighted by Crippen LogP contribution is 2.08. The first-order valence-electron chi connectivity index (χ1n) is 9.18. The predicted octanol–water partition coefficient (Wildman–Crippen LogP) is 1.84. The molecule has 0 aliphatic rings. The molecule has 0 unspecified atom stereocenters. The molecule has 0 fully saturated rings. The van der Waals surface area contributed by atoms with E-state index in [9.17, 15) is 4.79 Å². The number of hydrogen-bond donors (Lipinski definition) is 3. The zero-order chi connectivity index (χ0) is 19.2. The molecule has 7 heteroatoms. The van der Waals surface area contributed by atoms with E-state index in [0.29, 0.717) is 31.8 Å². The van der Waals surface area contributed by atoms with Crippen LogP contribution >= 0.6 is 0 Å². The van der Waals surface area contributed by atoms with Crippen molar-refractivity contribution in [1.82, 2.24) is 20.9 Å². The summed E-state index contributed by atoms with van der Waals surface area (Å²) in [4.78, 5) is 20.4. The van der Waals surface area contributed by atoms with Crippen LogP contribution in [0, 0.1) is 0 Å². The largest absolute Gasteiger partial charge is 0.494 e. The van der Waals surface area contributed by atoms with Gasteiger partial charge < -0.3 is 20.7 Å². The second-order valence-electron chi connectivity index (χ2n) is 5.70. The summed E-state index contributed by atoms with van der Waals surface area (Å²) in [6.45, 7) is 5.14. The van der Waals surface area contributed by atoms with Crippen LogP contribution in [0.3, 0.4) is 0 Å². The number of carbonyl (C=O) groups is 1. The minimum atomic E-state index is -0.134. The van der Waals surface area contributed by atoms with Crippen LogP contribution in [0.5, 0.6) is 5.75 Å². The van der Waals surface area contributed by atoms with E-state index >= 15 is 0 Å². The smallest absolute Gasteiger partial charge is 0.252 e. The van der Waals surface area contributed by atoms with Crippen LogP contribution in [-0.2, 0) is 0 Å². The maximum Gasteiger partial charge on any atom is 0.252 e. The number of aromatic nitrogens is 1. The topological polar surface area (TPSA) is 87.6 Å². The second kappa shape index (κ2) is 12.3. The van der Waals surface area contributed by atoms with Crippen molar-refractivity contribution in [1.29, 1.82) is 0 Å². The van der Waals surface area contributed by atoms with Crippen LogP contribution in [0.1, 0.15) is 23.7 Å². The van der Waals surface area contributed by atoms with E-state index in [2.05, 4.69) is 25.9 Å². The molecular formula is C20H27N5O2. The summed E-state index contributed by atoms with van der Waals surface area (Å²) in [6, 6.07) is 13.2. The first-order valence-corrected chi connectivity index (χ1v) is 9.18. The highest BCUT2D eigenvalue weighted by atomic mass is 16.5. The standard InChI is InChI=1S/C20H27N5O2/c1-2-22-20(24-12-7-15-27-18-9-4-3-5-10-18)25-14-13-23-19(26)17-8-6-11-21-16-17/h3-6,8-11,16H,2,7,12-15H2,1H3,(H,23,26)(H2,22,24,25). The molecule has 0 atom stereocenters. The number of nitrogens with zero attached hydrogens (tertiary/aromatic N) is 2. The molecule has 0 radical (unpaired) electrons. The Bertz CT molecular complexity index is 692.